The highest BCUT2D eigenvalue weighted by Gasteiger charge is 2.06. The topological polar surface area (TPSA) is 41.1 Å². The van der Waals surface area contributed by atoms with Crippen molar-refractivity contribution in [2.75, 3.05) is 17.2 Å². The lowest BCUT2D eigenvalue weighted by Crippen LogP contribution is -2.16. The summed E-state index contributed by atoms with van der Waals surface area (Å²) in [6.07, 6.45) is 1.45. The molecule has 2 aromatic carbocycles. The number of rotatable bonds is 6. The minimum absolute atomic E-state index is 0.0316. The molecule has 0 atom stereocenters. The standard InChI is InChI=1S/C20H26N2O/c1-5-17-6-8-18(9-7-17)22-19(23)10-11-21-20-15(3)12-14(2)13-16(20)4/h6-9,12-13,21H,5,10-11H2,1-4H3,(H,22,23). The highest BCUT2D eigenvalue weighted by atomic mass is 16.1. The molecular weight excluding hydrogens is 284 g/mol. The summed E-state index contributed by atoms with van der Waals surface area (Å²) in [5.74, 6) is 0.0316. The molecule has 0 aliphatic rings. The van der Waals surface area contributed by atoms with Crippen molar-refractivity contribution < 1.29 is 4.79 Å². The van der Waals surface area contributed by atoms with E-state index in [9.17, 15) is 4.79 Å². The van der Waals surface area contributed by atoms with Crippen LogP contribution in [0.1, 0.15) is 35.6 Å². The minimum Gasteiger partial charge on any atom is -0.384 e. The second-order valence-corrected chi connectivity index (χ2v) is 6.05. The van der Waals surface area contributed by atoms with Crippen molar-refractivity contribution in [3.05, 3.63) is 58.7 Å². The van der Waals surface area contributed by atoms with Gasteiger partial charge in [0.1, 0.15) is 0 Å². The lowest BCUT2D eigenvalue weighted by molar-refractivity contribution is -0.115. The Morgan fingerprint density at radius 1 is 1.00 bits per heavy atom. The van der Waals surface area contributed by atoms with E-state index in [0.717, 1.165) is 17.8 Å². The predicted molar refractivity (Wildman–Crippen MR) is 98.2 cm³/mol. The first kappa shape index (κ1) is 17.1. The van der Waals surface area contributed by atoms with E-state index in [-0.39, 0.29) is 5.91 Å². The third-order valence-electron chi connectivity index (χ3n) is 3.98. The molecule has 122 valence electrons. The van der Waals surface area contributed by atoms with Crippen LogP contribution in [0.2, 0.25) is 0 Å². The summed E-state index contributed by atoms with van der Waals surface area (Å²) in [5.41, 5.74) is 6.97. The SMILES string of the molecule is CCc1ccc(NC(=O)CCNc2c(C)cc(C)cc2C)cc1. The summed E-state index contributed by atoms with van der Waals surface area (Å²) < 4.78 is 0. The van der Waals surface area contributed by atoms with Gasteiger partial charge in [-0.15, -0.1) is 0 Å². The van der Waals surface area contributed by atoms with E-state index >= 15 is 0 Å². The van der Waals surface area contributed by atoms with Gasteiger partial charge in [0.15, 0.2) is 0 Å². The van der Waals surface area contributed by atoms with Gasteiger partial charge >= 0.3 is 0 Å². The molecule has 3 nitrogen and oxygen atoms in total. The Kier molecular flexibility index (Phi) is 5.80. The summed E-state index contributed by atoms with van der Waals surface area (Å²) in [6, 6.07) is 12.3. The molecule has 2 N–H and O–H groups in total. The predicted octanol–water partition coefficient (Wildman–Crippen LogP) is 4.61. The molecule has 0 saturated carbocycles. The maximum atomic E-state index is 12.0. The van der Waals surface area contributed by atoms with E-state index in [1.165, 1.54) is 22.3 Å². The number of carbonyl (C=O) groups is 1. The van der Waals surface area contributed by atoms with E-state index in [1.54, 1.807) is 0 Å². The monoisotopic (exact) mass is 310 g/mol. The summed E-state index contributed by atoms with van der Waals surface area (Å²) in [4.78, 5) is 12.0. The number of benzene rings is 2. The van der Waals surface area contributed by atoms with Gasteiger partial charge in [0.05, 0.1) is 0 Å². The molecule has 0 bridgehead atoms. The number of anilines is 2. The highest BCUT2D eigenvalue weighted by Crippen LogP contribution is 2.21. The fraction of sp³-hybridized carbons (Fsp3) is 0.350. The number of carbonyl (C=O) groups excluding carboxylic acids is 1. The molecule has 23 heavy (non-hydrogen) atoms. The Morgan fingerprint density at radius 3 is 2.17 bits per heavy atom. The van der Waals surface area contributed by atoms with Crippen molar-refractivity contribution in [3.63, 3.8) is 0 Å². The zero-order chi connectivity index (χ0) is 16.8. The number of amides is 1. The molecule has 0 unspecified atom stereocenters. The average Bonchev–Trinajstić information content (AvgIpc) is 2.50. The molecule has 0 saturated heterocycles. The van der Waals surface area contributed by atoms with Gasteiger partial charge in [0, 0.05) is 24.3 Å². The van der Waals surface area contributed by atoms with Crippen molar-refractivity contribution >= 4 is 17.3 Å². The Bertz CT molecular complexity index is 652. The molecule has 2 rings (SSSR count). The Morgan fingerprint density at radius 2 is 1.61 bits per heavy atom. The first-order chi connectivity index (χ1) is 11.0. The number of hydrogen-bond acceptors (Lipinski definition) is 2. The smallest absolute Gasteiger partial charge is 0.226 e. The van der Waals surface area contributed by atoms with E-state index in [2.05, 4.69) is 50.5 Å². The van der Waals surface area contributed by atoms with Crippen molar-refractivity contribution in [2.24, 2.45) is 0 Å². The van der Waals surface area contributed by atoms with Crippen LogP contribution in [0.15, 0.2) is 36.4 Å². The van der Waals surface area contributed by atoms with Crippen molar-refractivity contribution in [1.29, 1.82) is 0 Å². The molecule has 2 aromatic rings. The van der Waals surface area contributed by atoms with Crippen LogP contribution in [0.5, 0.6) is 0 Å². The normalized spacial score (nSPS) is 10.4. The fourth-order valence-corrected chi connectivity index (χ4v) is 2.81. The van der Waals surface area contributed by atoms with Gasteiger partial charge in [-0.2, -0.15) is 0 Å². The largest absolute Gasteiger partial charge is 0.384 e. The first-order valence-electron chi connectivity index (χ1n) is 8.20. The third-order valence-corrected chi connectivity index (χ3v) is 3.98. The van der Waals surface area contributed by atoms with Crippen LogP contribution < -0.4 is 10.6 Å². The second kappa shape index (κ2) is 7.82. The van der Waals surface area contributed by atoms with Gasteiger partial charge in [-0.3, -0.25) is 4.79 Å². The van der Waals surface area contributed by atoms with Gasteiger partial charge in [-0.1, -0.05) is 36.8 Å². The summed E-state index contributed by atoms with van der Waals surface area (Å²) >= 11 is 0. The van der Waals surface area contributed by atoms with Crippen LogP contribution >= 0.6 is 0 Å². The van der Waals surface area contributed by atoms with E-state index in [1.807, 2.05) is 24.3 Å². The first-order valence-corrected chi connectivity index (χ1v) is 8.20. The van der Waals surface area contributed by atoms with Gasteiger partial charge in [-0.05, 0) is 56.0 Å². The van der Waals surface area contributed by atoms with E-state index < -0.39 is 0 Å². The minimum atomic E-state index is 0.0316. The highest BCUT2D eigenvalue weighted by molar-refractivity contribution is 5.91. The average molecular weight is 310 g/mol. The molecule has 0 heterocycles. The molecular formula is C20H26N2O. The zero-order valence-corrected chi connectivity index (χ0v) is 14.5. The molecule has 0 aliphatic carbocycles. The van der Waals surface area contributed by atoms with Crippen molar-refractivity contribution in [1.82, 2.24) is 0 Å². The van der Waals surface area contributed by atoms with Crippen LogP contribution in [0, 0.1) is 20.8 Å². The second-order valence-electron chi connectivity index (χ2n) is 6.05. The quantitative estimate of drug-likeness (QED) is 0.817. The summed E-state index contributed by atoms with van der Waals surface area (Å²) in [7, 11) is 0. The van der Waals surface area contributed by atoms with Crippen LogP contribution in [0.25, 0.3) is 0 Å². The maximum absolute atomic E-state index is 12.0. The van der Waals surface area contributed by atoms with Crippen LogP contribution in [0.3, 0.4) is 0 Å². The zero-order valence-electron chi connectivity index (χ0n) is 14.5. The number of hydrogen-bond donors (Lipinski definition) is 2. The Hall–Kier alpha value is -2.29. The molecule has 3 heteroatoms. The summed E-state index contributed by atoms with van der Waals surface area (Å²) in [6.45, 7) is 9.04. The third kappa shape index (κ3) is 4.85. The molecule has 0 radical (unpaired) electrons. The van der Waals surface area contributed by atoms with Crippen molar-refractivity contribution in [2.45, 2.75) is 40.5 Å². The summed E-state index contributed by atoms with van der Waals surface area (Å²) in [5, 5.41) is 6.32. The molecule has 0 aliphatic heterocycles. The molecule has 0 aromatic heterocycles. The lowest BCUT2D eigenvalue weighted by Gasteiger charge is -2.14. The Labute approximate surface area is 139 Å². The van der Waals surface area contributed by atoms with E-state index in [4.69, 9.17) is 0 Å². The van der Waals surface area contributed by atoms with Crippen molar-refractivity contribution in [3.8, 4) is 0 Å². The fourth-order valence-electron chi connectivity index (χ4n) is 2.81. The Balaban J connectivity index is 1.85. The molecule has 1 amide bonds. The van der Waals surface area contributed by atoms with Crippen LogP contribution in [0.4, 0.5) is 11.4 Å². The molecule has 0 fully saturated rings. The van der Waals surface area contributed by atoms with Gasteiger partial charge in [0.2, 0.25) is 5.91 Å². The lowest BCUT2D eigenvalue weighted by atomic mass is 10.1. The van der Waals surface area contributed by atoms with Gasteiger partial charge < -0.3 is 10.6 Å². The number of aryl methyl sites for hydroxylation is 4. The van der Waals surface area contributed by atoms with Crippen LogP contribution in [-0.4, -0.2) is 12.5 Å². The van der Waals surface area contributed by atoms with E-state index in [0.29, 0.717) is 13.0 Å². The molecule has 0 spiro atoms. The number of nitrogens with one attached hydrogen (secondary N) is 2. The van der Waals surface area contributed by atoms with Crippen LogP contribution in [-0.2, 0) is 11.2 Å². The van der Waals surface area contributed by atoms with Gasteiger partial charge in [0.25, 0.3) is 0 Å². The maximum Gasteiger partial charge on any atom is 0.226 e. The van der Waals surface area contributed by atoms with Gasteiger partial charge in [-0.25, -0.2) is 0 Å².